The molecule has 0 bridgehead atoms. The number of amides is 1. The van der Waals surface area contributed by atoms with Crippen molar-refractivity contribution < 1.29 is 19.1 Å². The van der Waals surface area contributed by atoms with Crippen molar-refractivity contribution in [3.63, 3.8) is 0 Å². The molecule has 0 N–H and O–H groups in total. The van der Waals surface area contributed by atoms with E-state index in [2.05, 4.69) is 0 Å². The van der Waals surface area contributed by atoms with Crippen LogP contribution in [0.1, 0.15) is 22.0 Å². The molecule has 0 spiro atoms. The zero-order valence-electron chi connectivity index (χ0n) is 13.9. The topological polar surface area (TPSA) is 55.8 Å². The summed E-state index contributed by atoms with van der Waals surface area (Å²) in [6.45, 7) is 1.81. The van der Waals surface area contributed by atoms with Crippen molar-refractivity contribution in [2.24, 2.45) is 0 Å². The second-order valence-corrected chi connectivity index (χ2v) is 6.54. The van der Waals surface area contributed by atoms with Gasteiger partial charge >= 0.3 is 5.97 Å². The van der Waals surface area contributed by atoms with Crippen LogP contribution in [0, 0.1) is 0 Å². The maximum absolute atomic E-state index is 13.0. The molecule has 1 fully saturated rings. The monoisotopic (exact) mass is 393 g/mol. The number of hydrogen-bond donors (Lipinski definition) is 0. The van der Waals surface area contributed by atoms with Crippen LogP contribution < -0.4 is 0 Å². The molecule has 136 valence electrons. The van der Waals surface area contributed by atoms with Crippen LogP contribution in [-0.4, -0.2) is 43.1 Å². The lowest BCUT2D eigenvalue weighted by atomic mass is 10.1. The second kappa shape index (κ2) is 8.54. The van der Waals surface area contributed by atoms with Gasteiger partial charge < -0.3 is 14.4 Å². The van der Waals surface area contributed by atoms with Crippen molar-refractivity contribution in [2.45, 2.75) is 6.10 Å². The molecule has 3 rings (SSSR count). The number of carbonyl (C=O) groups excluding carboxylic acids is 2. The molecular weight excluding hydrogens is 377 g/mol. The summed E-state index contributed by atoms with van der Waals surface area (Å²) in [5, 5.41) is 0.348. The fraction of sp³-hybridized carbons (Fsp3) is 0.263. The molecule has 26 heavy (non-hydrogen) atoms. The van der Waals surface area contributed by atoms with Gasteiger partial charge in [0.15, 0.2) is 0 Å². The van der Waals surface area contributed by atoms with E-state index in [1.807, 2.05) is 6.07 Å². The first kappa shape index (κ1) is 18.7. The Kier molecular flexibility index (Phi) is 6.14. The van der Waals surface area contributed by atoms with E-state index in [4.69, 9.17) is 32.7 Å². The number of morpholine rings is 1. The van der Waals surface area contributed by atoms with Gasteiger partial charge in [-0.1, -0.05) is 59.6 Å². The second-order valence-electron chi connectivity index (χ2n) is 5.73. The SMILES string of the molecule is O=C(O[C@H](C(=O)N1CCOCC1)c1ccccc1)c1c(Cl)cccc1Cl. The molecule has 0 aromatic heterocycles. The molecule has 0 unspecified atom stereocenters. The van der Waals surface area contributed by atoms with E-state index in [9.17, 15) is 9.59 Å². The number of rotatable bonds is 4. The molecule has 2 aromatic rings. The summed E-state index contributed by atoms with van der Waals surface area (Å²) >= 11 is 12.2. The van der Waals surface area contributed by atoms with Crippen molar-refractivity contribution >= 4 is 35.1 Å². The number of hydrogen-bond acceptors (Lipinski definition) is 4. The Morgan fingerprint density at radius 3 is 2.19 bits per heavy atom. The van der Waals surface area contributed by atoms with Crippen molar-refractivity contribution in [1.29, 1.82) is 0 Å². The molecule has 5 nitrogen and oxygen atoms in total. The highest BCUT2D eigenvalue weighted by Gasteiger charge is 2.31. The fourth-order valence-corrected chi connectivity index (χ4v) is 3.25. The van der Waals surface area contributed by atoms with Crippen LogP contribution in [0.15, 0.2) is 48.5 Å². The highest BCUT2D eigenvalue weighted by molar-refractivity contribution is 6.39. The van der Waals surface area contributed by atoms with Crippen LogP contribution in [0.5, 0.6) is 0 Å². The van der Waals surface area contributed by atoms with Crippen LogP contribution in [0.25, 0.3) is 0 Å². The lowest BCUT2D eigenvalue weighted by molar-refractivity contribution is -0.145. The van der Waals surface area contributed by atoms with E-state index in [0.717, 1.165) is 0 Å². The van der Waals surface area contributed by atoms with Crippen LogP contribution in [-0.2, 0) is 14.3 Å². The van der Waals surface area contributed by atoms with E-state index in [1.54, 1.807) is 47.4 Å². The van der Waals surface area contributed by atoms with E-state index in [1.165, 1.54) is 0 Å². The van der Waals surface area contributed by atoms with E-state index >= 15 is 0 Å². The molecular formula is C19H17Cl2NO4. The highest BCUT2D eigenvalue weighted by atomic mass is 35.5. The summed E-state index contributed by atoms with van der Waals surface area (Å²) in [4.78, 5) is 27.3. The van der Waals surface area contributed by atoms with Gasteiger partial charge in [-0.2, -0.15) is 0 Å². The predicted molar refractivity (Wildman–Crippen MR) is 98.5 cm³/mol. The molecule has 1 aliphatic rings. The Morgan fingerprint density at radius 2 is 1.58 bits per heavy atom. The molecule has 1 amide bonds. The number of carbonyl (C=O) groups is 2. The van der Waals surface area contributed by atoms with Crippen LogP contribution in [0.2, 0.25) is 10.0 Å². The Bertz CT molecular complexity index is 771. The van der Waals surface area contributed by atoms with Gasteiger partial charge in [0, 0.05) is 18.7 Å². The van der Waals surface area contributed by atoms with Gasteiger partial charge in [-0.15, -0.1) is 0 Å². The molecule has 1 heterocycles. The van der Waals surface area contributed by atoms with Crippen molar-refractivity contribution in [3.05, 3.63) is 69.7 Å². The molecule has 0 saturated carbocycles. The minimum Gasteiger partial charge on any atom is -0.444 e. The maximum Gasteiger partial charge on any atom is 0.342 e. The summed E-state index contributed by atoms with van der Waals surface area (Å²) in [6, 6.07) is 13.6. The summed E-state index contributed by atoms with van der Waals surface area (Å²) in [7, 11) is 0. The van der Waals surface area contributed by atoms with Crippen LogP contribution in [0.3, 0.4) is 0 Å². The number of halogens is 2. The standard InChI is InChI=1S/C19H17Cl2NO4/c20-14-7-4-8-15(21)16(14)19(24)26-17(13-5-2-1-3-6-13)18(23)22-9-11-25-12-10-22/h1-8,17H,9-12H2/t17-/m0/s1. The van der Waals surface area contributed by atoms with Gasteiger partial charge in [-0.05, 0) is 12.1 Å². The van der Waals surface area contributed by atoms with E-state index in [0.29, 0.717) is 31.9 Å². The fourth-order valence-electron chi connectivity index (χ4n) is 2.70. The van der Waals surface area contributed by atoms with Gasteiger partial charge in [-0.25, -0.2) is 4.79 Å². The minimum absolute atomic E-state index is 0.0477. The first-order chi connectivity index (χ1) is 12.6. The minimum atomic E-state index is -1.07. The third-order valence-corrected chi connectivity index (χ3v) is 4.67. The summed E-state index contributed by atoms with van der Waals surface area (Å²) in [5.74, 6) is -1.04. The van der Waals surface area contributed by atoms with Crippen molar-refractivity contribution in [3.8, 4) is 0 Å². The first-order valence-electron chi connectivity index (χ1n) is 8.14. The average molecular weight is 394 g/mol. The Morgan fingerprint density at radius 1 is 0.962 bits per heavy atom. The normalized spacial score (nSPS) is 15.4. The lowest BCUT2D eigenvalue weighted by Crippen LogP contribution is -2.44. The third-order valence-electron chi connectivity index (χ3n) is 4.04. The maximum atomic E-state index is 13.0. The molecule has 1 atom stereocenters. The smallest absolute Gasteiger partial charge is 0.342 e. The zero-order chi connectivity index (χ0) is 18.5. The van der Waals surface area contributed by atoms with E-state index in [-0.39, 0.29) is 21.5 Å². The third kappa shape index (κ3) is 4.18. The predicted octanol–water partition coefficient (Wildman–Crippen LogP) is 3.75. The Hall–Kier alpha value is -2.08. The van der Waals surface area contributed by atoms with Crippen LogP contribution >= 0.6 is 23.2 Å². The zero-order valence-corrected chi connectivity index (χ0v) is 15.4. The van der Waals surface area contributed by atoms with Gasteiger partial charge in [0.05, 0.1) is 28.8 Å². The van der Waals surface area contributed by atoms with Gasteiger partial charge in [0.1, 0.15) is 0 Å². The molecule has 7 heteroatoms. The Balaban J connectivity index is 1.88. The largest absolute Gasteiger partial charge is 0.444 e. The van der Waals surface area contributed by atoms with Crippen molar-refractivity contribution in [1.82, 2.24) is 4.90 Å². The number of nitrogens with zero attached hydrogens (tertiary/aromatic N) is 1. The van der Waals surface area contributed by atoms with Gasteiger partial charge in [0.2, 0.25) is 6.10 Å². The van der Waals surface area contributed by atoms with Crippen LogP contribution in [0.4, 0.5) is 0 Å². The quantitative estimate of drug-likeness (QED) is 0.742. The molecule has 0 aliphatic carbocycles. The van der Waals surface area contributed by atoms with Gasteiger partial charge in [-0.3, -0.25) is 4.79 Å². The lowest BCUT2D eigenvalue weighted by Gasteiger charge is -2.30. The summed E-state index contributed by atoms with van der Waals surface area (Å²) < 4.78 is 10.8. The molecule has 1 aliphatic heterocycles. The average Bonchev–Trinajstić information content (AvgIpc) is 2.67. The molecule has 2 aromatic carbocycles. The first-order valence-corrected chi connectivity index (χ1v) is 8.90. The molecule has 0 radical (unpaired) electrons. The number of ether oxygens (including phenoxy) is 2. The van der Waals surface area contributed by atoms with Crippen molar-refractivity contribution in [2.75, 3.05) is 26.3 Å². The number of benzene rings is 2. The summed E-state index contributed by atoms with van der Waals surface area (Å²) in [5.41, 5.74) is 0.632. The number of esters is 1. The Labute approximate surface area is 161 Å². The highest BCUT2D eigenvalue weighted by Crippen LogP contribution is 2.28. The van der Waals surface area contributed by atoms with E-state index < -0.39 is 12.1 Å². The van der Waals surface area contributed by atoms with Gasteiger partial charge in [0.25, 0.3) is 5.91 Å². The summed E-state index contributed by atoms with van der Waals surface area (Å²) in [6.07, 6.45) is -1.07. The molecule has 1 saturated heterocycles.